The maximum atomic E-state index is 13.3. The van der Waals surface area contributed by atoms with Crippen LogP contribution in [0.1, 0.15) is 12.2 Å². The van der Waals surface area contributed by atoms with Gasteiger partial charge in [0.05, 0.1) is 39.1 Å². The van der Waals surface area contributed by atoms with Crippen molar-refractivity contribution in [2.75, 3.05) is 24.4 Å². The van der Waals surface area contributed by atoms with Gasteiger partial charge in [-0.1, -0.05) is 6.07 Å². The Balaban J connectivity index is 1.57. The zero-order valence-electron chi connectivity index (χ0n) is 18.2. The number of urea groups is 1. The van der Waals surface area contributed by atoms with Crippen LogP contribution in [0.5, 0.6) is 11.5 Å². The van der Waals surface area contributed by atoms with Crippen LogP contribution in [0.3, 0.4) is 0 Å². The van der Waals surface area contributed by atoms with E-state index in [2.05, 4.69) is 5.32 Å². The summed E-state index contributed by atoms with van der Waals surface area (Å²) in [5.74, 6) is 0.770. The topological polar surface area (TPSA) is 101 Å². The largest absolute Gasteiger partial charge is 0.497 e. The zero-order valence-corrected chi connectivity index (χ0v) is 18.2. The molecule has 9 nitrogen and oxygen atoms in total. The molecule has 2 aromatic carbocycles. The van der Waals surface area contributed by atoms with Gasteiger partial charge in [0.1, 0.15) is 23.3 Å². The Labute approximate surface area is 190 Å². The third-order valence-corrected chi connectivity index (χ3v) is 5.29. The summed E-state index contributed by atoms with van der Waals surface area (Å²) < 4.78 is 15.7. The van der Waals surface area contributed by atoms with Crippen LogP contribution in [-0.4, -0.2) is 43.0 Å². The fraction of sp³-hybridized carbons (Fsp3) is 0.208. The Morgan fingerprint density at radius 3 is 2.42 bits per heavy atom. The molecule has 1 aliphatic rings. The summed E-state index contributed by atoms with van der Waals surface area (Å²) in [6, 6.07) is 15.3. The smallest absolute Gasteiger partial charge is 0.332 e. The summed E-state index contributed by atoms with van der Waals surface area (Å²) in [7, 11) is 3.06. The minimum atomic E-state index is -0.993. The molecule has 2 heterocycles. The van der Waals surface area contributed by atoms with Crippen LogP contribution in [0, 0.1) is 0 Å². The van der Waals surface area contributed by atoms with Crippen molar-refractivity contribution in [3.05, 3.63) is 72.7 Å². The molecule has 170 valence electrons. The number of nitrogens with zero attached hydrogens (tertiary/aromatic N) is 2. The third-order valence-electron chi connectivity index (χ3n) is 5.29. The van der Waals surface area contributed by atoms with Crippen LogP contribution in [0.15, 0.2) is 71.3 Å². The average Bonchev–Trinajstić information content (AvgIpc) is 3.42. The quantitative estimate of drug-likeness (QED) is 0.527. The number of carbonyl (C=O) groups is 3. The lowest BCUT2D eigenvalue weighted by atomic mass is 10.1. The van der Waals surface area contributed by atoms with Gasteiger partial charge in [0, 0.05) is 11.8 Å². The Morgan fingerprint density at radius 1 is 1.00 bits per heavy atom. The second-order valence-electron chi connectivity index (χ2n) is 7.36. The molecule has 4 amide bonds. The minimum absolute atomic E-state index is 0.0541. The standard InChI is InChI=1S/C24H23N3O6/c1-31-18-10-8-16(9-11-18)25-22(28)14-21-23(29)27(17-5-3-6-19(13-17)32-2)24(30)26(21)15-20-7-4-12-33-20/h3-13,21H,14-15H2,1-2H3,(H,25,28)/t21-/m1/s1. The molecule has 4 rings (SSSR count). The van der Waals surface area contributed by atoms with Crippen molar-refractivity contribution < 1.29 is 28.3 Å². The van der Waals surface area contributed by atoms with E-state index < -0.39 is 23.9 Å². The summed E-state index contributed by atoms with van der Waals surface area (Å²) in [5.41, 5.74) is 0.923. The van der Waals surface area contributed by atoms with Crippen molar-refractivity contribution in [3.8, 4) is 11.5 Å². The van der Waals surface area contributed by atoms with Crippen molar-refractivity contribution in [2.24, 2.45) is 0 Å². The molecule has 9 heteroatoms. The number of benzene rings is 2. The molecule has 1 saturated heterocycles. The number of carbonyl (C=O) groups excluding carboxylic acids is 3. The number of hydrogen-bond acceptors (Lipinski definition) is 6. The van der Waals surface area contributed by atoms with E-state index in [9.17, 15) is 14.4 Å². The van der Waals surface area contributed by atoms with Gasteiger partial charge in [-0.25, -0.2) is 9.69 Å². The average molecular weight is 449 g/mol. The molecule has 1 N–H and O–H groups in total. The SMILES string of the molecule is COc1ccc(NC(=O)C[C@@H]2C(=O)N(c3cccc(OC)c3)C(=O)N2Cc2ccco2)cc1. The van der Waals surface area contributed by atoms with Crippen LogP contribution in [0.4, 0.5) is 16.2 Å². The molecule has 0 unspecified atom stereocenters. The summed E-state index contributed by atoms with van der Waals surface area (Å²) in [4.78, 5) is 41.8. The Bertz CT molecular complexity index is 1140. The maximum Gasteiger partial charge on any atom is 0.332 e. The number of nitrogens with one attached hydrogen (secondary N) is 1. The lowest BCUT2D eigenvalue weighted by molar-refractivity contribution is -0.124. The highest BCUT2D eigenvalue weighted by molar-refractivity contribution is 6.22. The van der Waals surface area contributed by atoms with Gasteiger partial charge in [0.2, 0.25) is 5.91 Å². The van der Waals surface area contributed by atoms with Gasteiger partial charge < -0.3 is 24.1 Å². The highest BCUT2D eigenvalue weighted by Gasteiger charge is 2.47. The fourth-order valence-electron chi connectivity index (χ4n) is 3.63. The van der Waals surface area contributed by atoms with E-state index in [1.54, 1.807) is 67.8 Å². The molecular formula is C24H23N3O6. The predicted octanol–water partition coefficient (Wildman–Crippen LogP) is 3.66. The van der Waals surface area contributed by atoms with Crippen molar-refractivity contribution in [1.29, 1.82) is 0 Å². The normalized spacial score (nSPS) is 15.6. The highest BCUT2D eigenvalue weighted by atomic mass is 16.5. The van der Waals surface area contributed by atoms with Crippen molar-refractivity contribution in [2.45, 2.75) is 19.0 Å². The molecule has 0 saturated carbocycles. The first-order valence-corrected chi connectivity index (χ1v) is 10.2. The zero-order chi connectivity index (χ0) is 23.4. The van der Waals surface area contributed by atoms with E-state index in [1.165, 1.54) is 18.3 Å². The molecule has 0 aliphatic carbocycles. The molecular weight excluding hydrogens is 426 g/mol. The van der Waals surface area contributed by atoms with Crippen molar-refractivity contribution in [3.63, 3.8) is 0 Å². The van der Waals surface area contributed by atoms with Gasteiger partial charge in [-0.15, -0.1) is 0 Å². The maximum absolute atomic E-state index is 13.3. The molecule has 1 atom stereocenters. The van der Waals surface area contributed by atoms with Crippen LogP contribution in [0.25, 0.3) is 0 Å². The van der Waals surface area contributed by atoms with Gasteiger partial charge in [0.15, 0.2) is 0 Å². The molecule has 0 radical (unpaired) electrons. The van der Waals surface area contributed by atoms with Crippen molar-refractivity contribution >= 4 is 29.2 Å². The van der Waals surface area contributed by atoms with E-state index >= 15 is 0 Å². The van der Waals surface area contributed by atoms with Crippen LogP contribution in [0.2, 0.25) is 0 Å². The van der Waals surface area contributed by atoms with Crippen molar-refractivity contribution in [1.82, 2.24) is 4.90 Å². The van der Waals surface area contributed by atoms with Gasteiger partial charge in [-0.3, -0.25) is 9.59 Å². The lowest BCUT2D eigenvalue weighted by Gasteiger charge is -2.20. The van der Waals surface area contributed by atoms with E-state index in [0.29, 0.717) is 28.6 Å². The molecule has 1 aliphatic heterocycles. The summed E-state index contributed by atoms with van der Waals surface area (Å²) in [6.07, 6.45) is 1.28. The van der Waals surface area contributed by atoms with Crippen LogP contribution >= 0.6 is 0 Å². The number of methoxy groups -OCH3 is 2. The fourth-order valence-corrected chi connectivity index (χ4v) is 3.63. The molecule has 1 aromatic heterocycles. The second-order valence-corrected chi connectivity index (χ2v) is 7.36. The molecule has 1 fully saturated rings. The Morgan fingerprint density at radius 2 is 1.76 bits per heavy atom. The number of furan rings is 1. The third kappa shape index (κ3) is 4.67. The van der Waals surface area contributed by atoms with Gasteiger partial charge >= 0.3 is 6.03 Å². The van der Waals surface area contributed by atoms with E-state index in [1.807, 2.05) is 0 Å². The molecule has 3 aromatic rings. The number of rotatable bonds is 8. The number of amides is 4. The first kappa shape index (κ1) is 21.9. The van der Waals surface area contributed by atoms with E-state index in [-0.39, 0.29) is 13.0 Å². The summed E-state index contributed by atoms with van der Waals surface area (Å²) >= 11 is 0. The second kappa shape index (κ2) is 9.47. The molecule has 0 spiro atoms. The van der Waals surface area contributed by atoms with E-state index in [4.69, 9.17) is 13.9 Å². The number of ether oxygens (including phenoxy) is 2. The number of hydrogen-bond donors (Lipinski definition) is 1. The Hall–Kier alpha value is -4.27. The monoisotopic (exact) mass is 449 g/mol. The minimum Gasteiger partial charge on any atom is -0.497 e. The van der Waals surface area contributed by atoms with Gasteiger partial charge in [0.25, 0.3) is 5.91 Å². The van der Waals surface area contributed by atoms with Gasteiger partial charge in [-0.05, 0) is 48.5 Å². The molecule has 33 heavy (non-hydrogen) atoms. The van der Waals surface area contributed by atoms with Crippen LogP contribution in [-0.2, 0) is 16.1 Å². The lowest BCUT2D eigenvalue weighted by Crippen LogP contribution is -2.37. The summed E-state index contributed by atoms with van der Waals surface area (Å²) in [6.45, 7) is 0.0541. The summed E-state index contributed by atoms with van der Waals surface area (Å²) in [5, 5.41) is 2.76. The Kier molecular flexibility index (Phi) is 6.30. The number of imide groups is 1. The predicted molar refractivity (Wildman–Crippen MR) is 120 cm³/mol. The van der Waals surface area contributed by atoms with Crippen LogP contribution < -0.4 is 19.7 Å². The number of anilines is 2. The first-order valence-electron chi connectivity index (χ1n) is 10.2. The van der Waals surface area contributed by atoms with Gasteiger partial charge in [-0.2, -0.15) is 0 Å². The molecule has 0 bridgehead atoms. The van der Waals surface area contributed by atoms with E-state index in [0.717, 1.165) is 4.90 Å². The highest BCUT2D eigenvalue weighted by Crippen LogP contribution is 2.30. The first-order chi connectivity index (χ1) is 16.0.